The second-order valence-corrected chi connectivity index (χ2v) is 8.59. The number of allylic oxidation sites excluding steroid dienone is 1. The van der Waals surface area contributed by atoms with Crippen molar-refractivity contribution in [1.29, 1.82) is 0 Å². The van der Waals surface area contributed by atoms with Gasteiger partial charge in [0.05, 0.1) is 0 Å². The Hall–Kier alpha value is -2.75. The number of phenolic OH excluding ortho intramolecular Hbond substituents is 1. The summed E-state index contributed by atoms with van der Waals surface area (Å²) in [6.07, 6.45) is 1.84. The van der Waals surface area contributed by atoms with Gasteiger partial charge in [-0.1, -0.05) is 33.4 Å². The molecule has 1 fully saturated rings. The second kappa shape index (κ2) is 5.88. The molecule has 3 aromatic rings. The summed E-state index contributed by atoms with van der Waals surface area (Å²) in [5.74, 6) is -0.907. The first-order valence-corrected chi connectivity index (χ1v) is 9.28. The van der Waals surface area contributed by atoms with Crippen LogP contribution >= 0.6 is 0 Å². The highest BCUT2D eigenvalue weighted by Gasteiger charge is 2.47. The maximum atomic E-state index is 13.8. The van der Waals surface area contributed by atoms with E-state index in [2.05, 4.69) is 55.9 Å². The number of H-pyrrole nitrogens is 1. The van der Waals surface area contributed by atoms with Gasteiger partial charge in [0.2, 0.25) is 0 Å². The number of halogens is 1. The average Bonchev–Trinajstić information content (AvgIpc) is 3.29. The fourth-order valence-electron chi connectivity index (χ4n) is 3.60. The van der Waals surface area contributed by atoms with Crippen molar-refractivity contribution in [2.45, 2.75) is 44.4 Å². The molecular formula is C23H25FN2O. The number of hydrogen-bond donors (Lipinski definition) is 3. The van der Waals surface area contributed by atoms with Crippen LogP contribution in [0.25, 0.3) is 10.9 Å². The van der Waals surface area contributed by atoms with E-state index in [4.69, 9.17) is 0 Å². The molecule has 140 valence electrons. The van der Waals surface area contributed by atoms with Crippen molar-refractivity contribution < 1.29 is 9.50 Å². The van der Waals surface area contributed by atoms with E-state index in [0.29, 0.717) is 0 Å². The van der Waals surface area contributed by atoms with Gasteiger partial charge in [-0.05, 0) is 54.8 Å². The highest BCUT2D eigenvalue weighted by molar-refractivity contribution is 5.84. The Morgan fingerprint density at radius 3 is 2.52 bits per heavy atom. The first-order chi connectivity index (χ1) is 12.7. The Kier molecular flexibility index (Phi) is 3.84. The van der Waals surface area contributed by atoms with Crippen molar-refractivity contribution in [1.82, 2.24) is 4.98 Å². The van der Waals surface area contributed by atoms with Crippen molar-refractivity contribution in [2.75, 3.05) is 5.32 Å². The molecule has 0 aliphatic heterocycles. The smallest absolute Gasteiger partial charge is 0.165 e. The molecule has 3 N–H and O–H groups in total. The molecule has 0 bridgehead atoms. The summed E-state index contributed by atoms with van der Waals surface area (Å²) in [5.41, 5.74) is 4.80. The molecule has 2 aromatic carbocycles. The van der Waals surface area contributed by atoms with Crippen LogP contribution in [0.5, 0.6) is 5.75 Å². The lowest BCUT2D eigenvalue weighted by Gasteiger charge is -2.21. The van der Waals surface area contributed by atoms with Crippen molar-refractivity contribution in [3.8, 4) is 5.75 Å². The van der Waals surface area contributed by atoms with Gasteiger partial charge < -0.3 is 15.4 Å². The SMILES string of the molecule is C=C(Nc1ccc2[nH]c(C(C)(C)C)cc2c1)C1(c2ccc(O)c(F)c2)CC1. The molecule has 0 radical (unpaired) electrons. The first-order valence-electron chi connectivity index (χ1n) is 9.28. The fourth-order valence-corrected chi connectivity index (χ4v) is 3.60. The monoisotopic (exact) mass is 364 g/mol. The minimum atomic E-state index is -0.588. The van der Waals surface area contributed by atoms with Crippen molar-refractivity contribution in [2.24, 2.45) is 0 Å². The number of anilines is 1. The normalized spacial score (nSPS) is 15.7. The van der Waals surface area contributed by atoms with Gasteiger partial charge in [0.1, 0.15) is 0 Å². The van der Waals surface area contributed by atoms with Crippen molar-refractivity contribution in [3.63, 3.8) is 0 Å². The third-order valence-corrected chi connectivity index (χ3v) is 5.55. The zero-order chi connectivity index (χ0) is 19.4. The summed E-state index contributed by atoms with van der Waals surface area (Å²) in [5, 5.41) is 14.0. The van der Waals surface area contributed by atoms with E-state index in [-0.39, 0.29) is 16.6 Å². The number of aromatic nitrogens is 1. The van der Waals surface area contributed by atoms with Gasteiger partial charge in [-0.25, -0.2) is 4.39 Å². The van der Waals surface area contributed by atoms with E-state index in [0.717, 1.165) is 40.7 Å². The van der Waals surface area contributed by atoms with Gasteiger partial charge >= 0.3 is 0 Å². The number of aromatic hydroxyl groups is 1. The largest absolute Gasteiger partial charge is 0.505 e. The number of benzene rings is 2. The lowest BCUT2D eigenvalue weighted by molar-refractivity contribution is 0.431. The number of rotatable bonds is 4. The predicted molar refractivity (Wildman–Crippen MR) is 109 cm³/mol. The van der Waals surface area contributed by atoms with Crippen LogP contribution in [0.4, 0.5) is 10.1 Å². The topological polar surface area (TPSA) is 48.0 Å². The molecular weight excluding hydrogens is 339 g/mol. The van der Waals surface area contributed by atoms with E-state index in [9.17, 15) is 9.50 Å². The van der Waals surface area contributed by atoms with E-state index in [1.807, 2.05) is 6.07 Å². The highest BCUT2D eigenvalue weighted by atomic mass is 19.1. The van der Waals surface area contributed by atoms with Crippen LogP contribution in [0, 0.1) is 5.82 Å². The van der Waals surface area contributed by atoms with Gasteiger partial charge in [0, 0.05) is 38.8 Å². The molecule has 1 heterocycles. The van der Waals surface area contributed by atoms with Crippen LogP contribution in [0.15, 0.2) is 54.7 Å². The third kappa shape index (κ3) is 3.09. The second-order valence-electron chi connectivity index (χ2n) is 8.59. The molecule has 1 aliphatic rings. The molecule has 4 heteroatoms. The Morgan fingerprint density at radius 1 is 1.15 bits per heavy atom. The van der Waals surface area contributed by atoms with Gasteiger partial charge in [0.15, 0.2) is 11.6 Å². The first kappa shape index (κ1) is 17.7. The number of phenols is 1. The van der Waals surface area contributed by atoms with E-state index in [1.54, 1.807) is 6.07 Å². The zero-order valence-corrected chi connectivity index (χ0v) is 16.0. The average molecular weight is 364 g/mol. The molecule has 0 unspecified atom stereocenters. The minimum absolute atomic E-state index is 0.0667. The highest BCUT2D eigenvalue weighted by Crippen LogP contribution is 2.53. The van der Waals surface area contributed by atoms with Gasteiger partial charge in [-0.15, -0.1) is 0 Å². The van der Waals surface area contributed by atoms with Crippen LogP contribution in [0.2, 0.25) is 0 Å². The van der Waals surface area contributed by atoms with Crippen molar-refractivity contribution >= 4 is 16.6 Å². The molecule has 0 atom stereocenters. The number of hydrogen-bond acceptors (Lipinski definition) is 2. The summed E-state index contributed by atoms with van der Waals surface area (Å²) in [7, 11) is 0. The Bertz CT molecular complexity index is 1040. The molecule has 0 amide bonds. The lowest BCUT2D eigenvalue weighted by Crippen LogP contribution is -2.16. The Morgan fingerprint density at radius 2 is 1.89 bits per heavy atom. The summed E-state index contributed by atoms with van der Waals surface area (Å²) >= 11 is 0. The molecule has 3 nitrogen and oxygen atoms in total. The number of aromatic amines is 1. The minimum Gasteiger partial charge on any atom is -0.505 e. The maximum absolute atomic E-state index is 13.8. The van der Waals surface area contributed by atoms with Crippen LogP contribution in [-0.4, -0.2) is 10.1 Å². The fraction of sp³-hybridized carbons (Fsp3) is 0.304. The maximum Gasteiger partial charge on any atom is 0.165 e. The van der Waals surface area contributed by atoms with Crippen LogP contribution in [-0.2, 0) is 10.8 Å². The molecule has 0 spiro atoms. The van der Waals surface area contributed by atoms with E-state index < -0.39 is 5.82 Å². The van der Waals surface area contributed by atoms with Gasteiger partial charge in [-0.2, -0.15) is 0 Å². The van der Waals surface area contributed by atoms with E-state index >= 15 is 0 Å². The lowest BCUT2D eigenvalue weighted by atomic mass is 9.92. The molecule has 0 saturated heterocycles. The van der Waals surface area contributed by atoms with E-state index in [1.165, 1.54) is 17.8 Å². The quantitative estimate of drug-likeness (QED) is 0.534. The van der Waals surface area contributed by atoms with Gasteiger partial charge in [-0.3, -0.25) is 0 Å². The molecule has 1 aliphatic carbocycles. The molecule has 4 rings (SSSR count). The summed E-state index contributed by atoms with van der Waals surface area (Å²) in [6, 6.07) is 13.0. The summed E-state index contributed by atoms with van der Waals surface area (Å²) in [4.78, 5) is 3.48. The molecule has 1 aromatic heterocycles. The zero-order valence-electron chi connectivity index (χ0n) is 16.0. The Labute approximate surface area is 158 Å². The standard InChI is InChI=1S/C23H25FN2O/c1-14(23(9-10-23)16-5-8-20(27)18(24)13-16)25-17-6-7-19-15(11-17)12-21(26-19)22(2,3)4/h5-8,11-13,25-27H,1,9-10H2,2-4H3. The summed E-state index contributed by atoms with van der Waals surface area (Å²) in [6.45, 7) is 10.8. The number of nitrogens with one attached hydrogen (secondary N) is 2. The van der Waals surface area contributed by atoms with Crippen LogP contribution < -0.4 is 5.32 Å². The summed E-state index contributed by atoms with van der Waals surface area (Å²) < 4.78 is 13.8. The van der Waals surface area contributed by atoms with Crippen LogP contribution in [0.3, 0.4) is 0 Å². The molecule has 1 saturated carbocycles. The van der Waals surface area contributed by atoms with Gasteiger partial charge in [0.25, 0.3) is 0 Å². The molecule has 27 heavy (non-hydrogen) atoms. The van der Waals surface area contributed by atoms with Crippen LogP contribution in [0.1, 0.15) is 44.9 Å². The predicted octanol–water partition coefficient (Wildman–Crippen LogP) is 5.97. The van der Waals surface area contributed by atoms with Crippen molar-refractivity contribution in [3.05, 3.63) is 71.8 Å². The third-order valence-electron chi connectivity index (χ3n) is 5.55. The Balaban J connectivity index is 1.60. The number of fused-ring (bicyclic) bond motifs is 1.